The molecule has 0 saturated carbocycles. The molecule has 2 N–H and O–H groups in total. The summed E-state index contributed by atoms with van der Waals surface area (Å²) < 4.78 is 23.1. The van der Waals surface area contributed by atoms with E-state index in [2.05, 4.69) is 34.4 Å². The second-order valence-electron chi connectivity index (χ2n) is 7.03. The first kappa shape index (κ1) is 18.5. The topological polar surface area (TPSA) is 73.8 Å². The molecule has 6 nitrogen and oxygen atoms in total. The average molecular weight is 345 g/mol. The zero-order valence-corrected chi connectivity index (χ0v) is 15.5. The standard InChI is InChI=1S/C16H32N4O2S/c1-4-17-16(19-15-7-10-23(21,22)12-15)18-11-14(3)20-8-5-13(2)6-9-20/h13-15H,4-12H2,1-3H3,(H2,17,18,19). The van der Waals surface area contributed by atoms with Crippen LogP contribution >= 0.6 is 0 Å². The monoisotopic (exact) mass is 344 g/mol. The summed E-state index contributed by atoms with van der Waals surface area (Å²) in [5.74, 6) is 2.08. The molecule has 2 unspecified atom stereocenters. The Labute approximate surface area is 141 Å². The zero-order valence-electron chi connectivity index (χ0n) is 14.7. The van der Waals surface area contributed by atoms with Crippen molar-refractivity contribution in [2.75, 3.05) is 37.7 Å². The van der Waals surface area contributed by atoms with Crippen molar-refractivity contribution in [3.63, 3.8) is 0 Å². The Kier molecular flexibility index (Phi) is 6.71. The Morgan fingerprint density at radius 2 is 2.00 bits per heavy atom. The van der Waals surface area contributed by atoms with Gasteiger partial charge in [0.15, 0.2) is 15.8 Å². The molecule has 0 amide bonds. The van der Waals surface area contributed by atoms with E-state index < -0.39 is 9.84 Å². The number of sulfone groups is 1. The van der Waals surface area contributed by atoms with E-state index in [1.165, 1.54) is 12.8 Å². The minimum atomic E-state index is -2.86. The van der Waals surface area contributed by atoms with Crippen LogP contribution in [0.15, 0.2) is 4.99 Å². The fraction of sp³-hybridized carbons (Fsp3) is 0.938. The maximum absolute atomic E-state index is 11.6. The Morgan fingerprint density at radius 1 is 1.30 bits per heavy atom. The molecular weight excluding hydrogens is 312 g/mol. The summed E-state index contributed by atoms with van der Waals surface area (Å²) in [6, 6.07) is 0.411. The van der Waals surface area contributed by atoms with Gasteiger partial charge in [-0.25, -0.2) is 8.42 Å². The summed E-state index contributed by atoms with van der Waals surface area (Å²) in [4.78, 5) is 7.18. The number of hydrogen-bond acceptors (Lipinski definition) is 4. The van der Waals surface area contributed by atoms with Crippen molar-refractivity contribution < 1.29 is 8.42 Å². The lowest BCUT2D eigenvalue weighted by atomic mass is 9.98. The van der Waals surface area contributed by atoms with Gasteiger partial charge in [0.25, 0.3) is 0 Å². The van der Waals surface area contributed by atoms with Gasteiger partial charge in [-0.1, -0.05) is 6.92 Å². The van der Waals surface area contributed by atoms with Gasteiger partial charge < -0.3 is 10.6 Å². The summed E-state index contributed by atoms with van der Waals surface area (Å²) in [6.07, 6.45) is 3.21. The molecule has 23 heavy (non-hydrogen) atoms. The van der Waals surface area contributed by atoms with Crippen LogP contribution < -0.4 is 10.6 Å². The van der Waals surface area contributed by atoms with Crippen LogP contribution in [0.25, 0.3) is 0 Å². The van der Waals surface area contributed by atoms with Crippen LogP contribution in [0.3, 0.4) is 0 Å². The van der Waals surface area contributed by atoms with Gasteiger partial charge in [-0.15, -0.1) is 0 Å². The smallest absolute Gasteiger partial charge is 0.191 e. The molecule has 134 valence electrons. The summed E-state index contributed by atoms with van der Waals surface area (Å²) in [5, 5.41) is 6.51. The predicted octanol–water partition coefficient (Wildman–Crippen LogP) is 0.849. The van der Waals surface area contributed by atoms with E-state index in [0.717, 1.165) is 38.1 Å². The number of hydrogen-bond donors (Lipinski definition) is 2. The van der Waals surface area contributed by atoms with Gasteiger partial charge >= 0.3 is 0 Å². The van der Waals surface area contributed by atoms with Gasteiger partial charge in [0, 0.05) is 18.6 Å². The maximum Gasteiger partial charge on any atom is 0.191 e. The van der Waals surface area contributed by atoms with Crippen LogP contribution in [0.4, 0.5) is 0 Å². The molecule has 0 bridgehead atoms. The van der Waals surface area contributed by atoms with E-state index in [0.29, 0.717) is 12.5 Å². The molecule has 7 heteroatoms. The van der Waals surface area contributed by atoms with Crippen molar-refractivity contribution in [3.8, 4) is 0 Å². The molecule has 2 rings (SSSR count). The van der Waals surface area contributed by atoms with Crippen LogP contribution in [0.1, 0.15) is 40.0 Å². The highest BCUT2D eigenvalue weighted by molar-refractivity contribution is 7.91. The number of piperidine rings is 1. The van der Waals surface area contributed by atoms with Gasteiger partial charge in [0.2, 0.25) is 0 Å². The highest BCUT2D eigenvalue weighted by Gasteiger charge is 2.28. The van der Waals surface area contributed by atoms with Gasteiger partial charge in [-0.3, -0.25) is 9.89 Å². The molecule has 2 heterocycles. The number of nitrogens with one attached hydrogen (secondary N) is 2. The molecule has 2 saturated heterocycles. The third-order valence-corrected chi connectivity index (χ3v) is 6.64. The van der Waals surface area contributed by atoms with Crippen molar-refractivity contribution in [1.82, 2.24) is 15.5 Å². The number of rotatable bonds is 5. The van der Waals surface area contributed by atoms with Crippen LogP contribution in [-0.2, 0) is 9.84 Å². The summed E-state index contributed by atoms with van der Waals surface area (Å²) in [5.41, 5.74) is 0. The van der Waals surface area contributed by atoms with E-state index in [9.17, 15) is 8.42 Å². The SMILES string of the molecule is CCNC(=NCC(C)N1CCC(C)CC1)NC1CCS(=O)(=O)C1. The van der Waals surface area contributed by atoms with Crippen LogP contribution in [-0.4, -0.2) is 69.0 Å². The summed E-state index contributed by atoms with van der Waals surface area (Å²) >= 11 is 0. The molecule has 0 aliphatic carbocycles. The fourth-order valence-corrected chi connectivity index (χ4v) is 4.90. The lowest BCUT2D eigenvalue weighted by molar-refractivity contribution is 0.150. The zero-order chi connectivity index (χ0) is 16.9. The Morgan fingerprint density at radius 3 is 2.57 bits per heavy atom. The first-order valence-corrected chi connectivity index (χ1v) is 10.7. The molecule has 0 aromatic carbocycles. The molecule has 0 aromatic heterocycles. The van der Waals surface area contributed by atoms with Crippen molar-refractivity contribution >= 4 is 15.8 Å². The number of aliphatic imine (C=N–C) groups is 1. The molecule has 0 radical (unpaired) electrons. The quantitative estimate of drug-likeness (QED) is 0.571. The van der Waals surface area contributed by atoms with Crippen LogP contribution in [0.2, 0.25) is 0 Å². The molecule has 2 atom stereocenters. The number of guanidine groups is 1. The van der Waals surface area contributed by atoms with E-state index in [1.807, 2.05) is 6.92 Å². The Balaban J connectivity index is 1.85. The summed E-state index contributed by atoms with van der Waals surface area (Å²) in [6.45, 7) is 10.4. The second kappa shape index (κ2) is 8.33. The molecule has 0 aromatic rings. The largest absolute Gasteiger partial charge is 0.357 e. The van der Waals surface area contributed by atoms with Gasteiger partial charge in [0.05, 0.1) is 18.1 Å². The maximum atomic E-state index is 11.6. The number of likely N-dealkylation sites (tertiary alicyclic amines) is 1. The van der Waals surface area contributed by atoms with Gasteiger partial charge in [-0.05, 0) is 52.1 Å². The van der Waals surface area contributed by atoms with Crippen LogP contribution in [0.5, 0.6) is 0 Å². The average Bonchev–Trinajstić information content (AvgIpc) is 2.84. The number of nitrogens with zero attached hydrogens (tertiary/aromatic N) is 2. The Hall–Kier alpha value is -0.820. The van der Waals surface area contributed by atoms with E-state index in [1.54, 1.807) is 0 Å². The molecule has 2 aliphatic rings. The molecule has 2 aliphatic heterocycles. The van der Waals surface area contributed by atoms with Crippen molar-refractivity contribution in [2.24, 2.45) is 10.9 Å². The van der Waals surface area contributed by atoms with Crippen molar-refractivity contribution in [1.29, 1.82) is 0 Å². The second-order valence-corrected chi connectivity index (χ2v) is 9.26. The lowest BCUT2D eigenvalue weighted by Crippen LogP contribution is -2.45. The third kappa shape index (κ3) is 5.95. The minimum Gasteiger partial charge on any atom is -0.357 e. The third-order valence-electron chi connectivity index (χ3n) is 4.87. The summed E-state index contributed by atoms with van der Waals surface area (Å²) in [7, 11) is -2.86. The van der Waals surface area contributed by atoms with E-state index in [-0.39, 0.29) is 17.5 Å². The Bertz CT molecular complexity index is 498. The molecule has 0 spiro atoms. The highest BCUT2D eigenvalue weighted by atomic mass is 32.2. The highest BCUT2D eigenvalue weighted by Crippen LogP contribution is 2.18. The van der Waals surface area contributed by atoms with Gasteiger partial charge in [-0.2, -0.15) is 0 Å². The first-order valence-electron chi connectivity index (χ1n) is 8.89. The molecular formula is C16H32N4O2S. The van der Waals surface area contributed by atoms with E-state index >= 15 is 0 Å². The van der Waals surface area contributed by atoms with Crippen molar-refractivity contribution in [2.45, 2.75) is 52.1 Å². The molecule has 2 fully saturated rings. The predicted molar refractivity (Wildman–Crippen MR) is 95.6 cm³/mol. The van der Waals surface area contributed by atoms with Crippen molar-refractivity contribution in [3.05, 3.63) is 0 Å². The first-order chi connectivity index (χ1) is 10.9. The minimum absolute atomic E-state index is 0.0102. The fourth-order valence-electron chi connectivity index (χ4n) is 3.23. The normalized spacial score (nSPS) is 27.8. The van der Waals surface area contributed by atoms with Crippen LogP contribution in [0, 0.1) is 5.92 Å². The van der Waals surface area contributed by atoms with E-state index in [4.69, 9.17) is 0 Å². The van der Waals surface area contributed by atoms with Gasteiger partial charge in [0.1, 0.15) is 0 Å². The lowest BCUT2D eigenvalue weighted by Gasteiger charge is -2.34.